The molecule has 4 heteroatoms. The van der Waals surface area contributed by atoms with Crippen molar-refractivity contribution in [1.82, 2.24) is 5.32 Å². The fraction of sp³-hybridized carbons (Fsp3) is 0.600. The second kappa shape index (κ2) is 6.25. The molecule has 1 aromatic carbocycles. The average Bonchev–Trinajstić information content (AvgIpc) is 2.62. The molecule has 2 aliphatic rings. The van der Waals surface area contributed by atoms with Crippen LogP contribution in [0.3, 0.4) is 0 Å². The molecule has 0 saturated carbocycles. The van der Waals surface area contributed by atoms with Crippen molar-refractivity contribution in [2.24, 2.45) is 0 Å². The minimum Gasteiger partial charge on any atom is -0.493 e. The molecule has 0 bridgehead atoms. The molecule has 3 nitrogen and oxygen atoms in total. The first-order chi connectivity index (χ1) is 9.33. The van der Waals surface area contributed by atoms with Crippen molar-refractivity contribution in [1.29, 1.82) is 0 Å². The van der Waals surface area contributed by atoms with Crippen molar-refractivity contribution in [2.45, 2.75) is 37.8 Å². The number of fused-ring (bicyclic) bond motifs is 1. The summed E-state index contributed by atoms with van der Waals surface area (Å²) in [5, 5.41) is 3.80. The van der Waals surface area contributed by atoms with Gasteiger partial charge in [0.25, 0.3) is 0 Å². The van der Waals surface area contributed by atoms with Gasteiger partial charge >= 0.3 is 0 Å². The largest absolute Gasteiger partial charge is 0.493 e. The van der Waals surface area contributed by atoms with Crippen molar-refractivity contribution in [3.63, 3.8) is 0 Å². The van der Waals surface area contributed by atoms with E-state index >= 15 is 0 Å². The van der Waals surface area contributed by atoms with Gasteiger partial charge in [-0.15, -0.1) is 0 Å². The molecule has 1 N–H and O–H groups in total. The predicted molar refractivity (Wildman–Crippen MR) is 78.6 cm³/mol. The summed E-state index contributed by atoms with van der Waals surface area (Å²) >= 11 is 3.52. The number of rotatable bonds is 2. The van der Waals surface area contributed by atoms with Gasteiger partial charge in [0.15, 0.2) is 0 Å². The van der Waals surface area contributed by atoms with Gasteiger partial charge in [-0.05, 0) is 37.8 Å². The first-order valence-corrected chi connectivity index (χ1v) is 7.88. The number of ether oxygens (including phenoxy) is 2. The fourth-order valence-corrected chi connectivity index (χ4v) is 3.21. The van der Waals surface area contributed by atoms with E-state index in [4.69, 9.17) is 9.47 Å². The highest BCUT2D eigenvalue weighted by Crippen LogP contribution is 2.34. The molecule has 1 unspecified atom stereocenters. The molecular formula is C15H20BrNO2. The summed E-state index contributed by atoms with van der Waals surface area (Å²) in [7, 11) is 0. The molecule has 0 spiro atoms. The second-order valence-corrected chi connectivity index (χ2v) is 6.19. The maximum absolute atomic E-state index is 5.85. The molecule has 0 amide bonds. The Morgan fingerprint density at radius 2 is 1.95 bits per heavy atom. The Bertz CT molecular complexity index is 432. The molecule has 2 heterocycles. The van der Waals surface area contributed by atoms with Crippen LogP contribution in [0.1, 0.15) is 37.3 Å². The average molecular weight is 326 g/mol. The van der Waals surface area contributed by atoms with Crippen LogP contribution in [0.2, 0.25) is 0 Å². The zero-order valence-corrected chi connectivity index (χ0v) is 12.6. The minimum atomic E-state index is 0.411. The van der Waals surface area contributed by atoms with Gasteiger partial charge in [-0.25, -0.2) is 0 Å². The normalized spacial score (nSPS) is 24.4. The summed E-state index contributed by atoms with van der Waals surface area (Å²) in [6.45, 7) is 2.58. The fourth-order valence-electron chi connectivity index (χ4n) is 2.87. The van der Waals surface area contributed by atoms with Crippen molar-refractivity contribution in [2.75, 3.05) is 19.8 Å². The number of hydrogen-bond donors (Lipinski definition) is 1. The van der Waals surface area contributed by atoms with E-state index in [-0.39, 0.29) is 0 Å². The zero-order chi connectivity index (χ0) is 13.1. The third-order valence-corrected chi connectivity index (χ3v) is 4.40. The van der Waals surface area contributed by atoms with E-state index in [1.54, 1.807) is 0 Å². The summed E-state index contributed by atoms with van der Waals surface area (Å²) in [5.74, 6) is 1.02. The maximum Gasteiger partial charge on any atom is 0.125 e. The Morgan fingerprint density at radius 1 is 1.11 bits per heavy atom. The van der Waals surface area contributed by atoms with Gasteiger partial charge in [-0.2, -0.15) is 0 Å². The Kier molecular flexibility index (Phi) is 4.41. The molecule has 0 aromatic heterocycles. The lowest BCUT2D eigenvalue weighted by Gasteiger charge is -2.28. The summed E-state index contributed by atoms with van der Waals surface area (Å²) in [4.78, 5) is 0. The SMILES string of the molecule is Brc1ccc2c(c1)OCCCC2NC1CCOCC1. The van der Waals surface area contributed by atoms with Crippen molar-refractivity contribution in [3.8, 4) is 5.75 Å². The molecule has 1 aromatic rings. The van der Waals surface area contributed by atoms with Gasteiger partial charge in [-0.3, -0.25) is 0 Å². The topological polar surface area (TPSA) is 30.5 Å². The van der Waals surface area contributed by atoms with E-state index in [1.165, 1.54) is 5.56 Å². The van der Waals surface area contributed by atoms with Crippen LogP contribution in [0, 0.1) is 0 Å². The molecule has 104 valence electrons. The van der Waals surface area contributed by atoms with E-state index in [0.717, 1.165) is 55.7 Å². The number of nitrogens with one attached hydrogen (secondary N) is 1. The van der Waals surface area contributed by atoms with Crippen molar-refractivity contribution < 1.29 is 9.47 Å². The Balaban J connectivity index is 1.77. The lowest BCUT2D eigenvalue weighted by atomic mass is 9.99. The Hall–Kier alpha value is -0.580. The van der Waals surface area contributed by atoms with Crippen LogP contribution in [0.15, 0.2) is 22.7 Å². The Morgan fingerprint density at radius 3 is 2.79 bits per heavy atom. The smallest absolute Gasteiger partial charge is 0.125 e. The minimum absolute atomic E-state index is 0.411. The molecule has 0 aliphatic carbocycles. The van der Waals surface area contributed by atoms with Crippen molar-refractivity contribution >= 4 is 15.9 Å². The second-order valence-electron chi connectivity index (χ2n) is 5.28. The van der Waals surface area contributed by atoms with E-state index < -0.39 is 0 Å². The molecule has 1 atom stereocenters. The first-order valence-electron chi connectivity index (χ1n) is 7.09. The molecule has 1 saturated heterocycles. The highest BCUT2D eigenvalue weighted by Gasteiger charge is 2.23. The Labute approximate surface area is 122 Å². The molecule has 1 fully saturated rings. The van der Waals surface area contributed by atoms with Crippen molar-refractivity contribution in [3.05, 3.63) is 28.2 Å². The lowest BCUT2D eigenvalue weighted by Crippen LogP contribution is -2.37. The van der Waals surface area contributed by atoms with Crippen LogP contribution in [0.4, 0.5) is 0 Å². The highest BCUT2D eigenvalue weighted by atomic mass is 79.9. The standard InChI is InChI=1S/C15H20BrNO2/c16-11-3-4-13-14(2-1-7-19-15(13)10-11)17-12-5-8-18-9-6-12/h3-4,10,12,14,17H,1-2,5-9H2. The summed E-state index contributed by atoms with van der Waals surface area (Å²) in [6, 6.07) is 7.36. The predicted octanol–water partition coefficient (Wildman–Crippen LogP) is 3.43. The summed E-state index contributed by atoms with van der Waals surface area (Å²) in [6.07, 6.45) is 4.48. The number of benzene rings is 1. The molecule has 19 heavy (non-hydrogen) atoms. The van der Waals surface area contributed by atoms with E-state index in [1.807, 2.05) is 0 Å². The van der Waals surface area contributed by atoms with Crippen LogP contribution >= 0.6 is 15.9 Å². The van der Waals surface area contributed by atoms with E-state index in [0.29, 0.717) is 12.1 Å². The van der Waals surface area contributed by atoms with Gasteiger partial charge in [0.05, 0.1) is 6.61 Å². The number of hydrogen-bond acceptors (Lipinski definition) is 3. The van der Waals surface area contributed by atoms with E-state index in [2.05, 4.69) is 39.4 Å². The third kappa shape index (κ3) is 3.30. The third-order valence-electron chi connectivity index (χ3n) is 3.90. The van der Waals surface area contributed by atoms with Gasteiger partial charge in [0.2, 0.25) is 0 Å². The van der Waals surface area contributed by atoms with Crippen LogP contribution in [-0.2, 0) is 4.74 Å². The van der Waals surface area contributed by atoms with Crippen LogP contribution < -0.4 is 10.1 Å². The maximum atomic E-state index is 5.85. The molecule has 2 aliphatic heterocycles. The van der Waals surface area contributed by atoms with E-state index in [9.17, 15) is 0 Å². The highest BCUT2D eigenvalue weighted by molar-refractivity contribution is 9.10. The zero-order valence-electron chi connectivity index (χ0n) is 11.0. The monoisotopic (exact) mass is 325 g/mol. The van der Waals surface area contributed by atoms with Crippen LogP contribution in [-0.4, -0.2) is 25.9 Å². The molecule has 3 rings (SSSR count). The lowest BCUT2D eigenvalue weighted by molar-refractivity contribution is 0.0745. The molecule has 0 radical (unpaired) electrons. The first kappa shape index (κ1) is 13.4. The number of halogens is 1. The van der Waals surface area contributed by atoms with Crippen LogP contribution in [0.25, 0.3) is 0 Å². The van der Waals surface area contributed by atoms with Gasteiger partial charge < -0.3 is 14.8 Å². The van der Waals surface area contributed by atoms with Crippen LogP contribution in [0.5, 0.6) is 5.75 Å². The summed E-state index contributed by atoms with van der Waals surface area (Å²) in [5.41, 5.74) is 1.30. The van der Waals surface area contributed by atoms with Gasteiger partial charge in [-0.1, -0.05) is 22.0 Å². The van der Waals surface area contributed by atoms with Gasteiger partial charge in [0, 0.05) is 35.3 Å². The van der Waals surface area contributed by atoms with Gasteiger partial charge in [0.1, 0.15) is 5.75 Å². The summed E-state index contributed by atoms with van der Waals surface area (Å²) < 4.78 is 12.4. The quantitative estimate of drug-likeness (QED) is 0.903. The molecular weight excluding hydrogens is 306 g/mol.